The Balaban J connectivity index is 3.88. The molecule has 0 aromatic carbocycles. The van der Waals surface area contributed by atoms with Crippen LogP contribution in [0.2, 0.25) is 0 Å². The lowest BCUT2D eigenvalue weighted by molar-refractivity contribution is 0.269. The third-order valence-electron chi connectivity index (χ3n) is 3.60. The highest BCUT2D eigenvalue weighted by molar-refractivity contribution is 4.82. The summed E-state index contributed by atoms with van der Waals surface area (Å²) < 4.78 is 0. The van der Waals surface area contributed by atoms with E-state index in [-0.39, 0.29) is 5.54 Å². The van der Waals surface area contributed by atoms with E-state index in [1.807, 2.05) is 0 Å². The Morgan fingerprint density at radius 3 is 1.85 bits per heavy atom. The van der Waals surface area contributed by atoms with Crippen LogP contribution in [0.15, 0.2) is 0 Å². The van der Waals surface area contributed by atoms with E-state index in [0.717, 1.165) is 18.3 Å². The van der Waals surface area contributed by atoms with E-state index in [2.05, 4.69) is 41.5 Å². The Labute approximate surface area is 84.1 Å². The van der Waals surface area contributed by atoms with E-state index in [9.17, 15) is 0 Å². The van der Waals surface area contributed by atoms with Gasteiger partial charge in [-0.05, 0) is 37.5 Å². The first-order valence-electron chi connectivity index (χ1n) is 5.56. The molecule has 0 aliphatic carbocycles. The molecule has 0 radical (unpaired) electrons. The molecule has 2 N–H and O–H groups in total. The minimum atomic E-state index is 0.0170. The Hall–Kier alpha value is -0.0400. The maximum Gasteiger partial charge on any atom is 0.0149 e. The van der Waals surface area contributed by atoms with E-state index >= 15 is 0 Å². The van der Waals surface area contributed by atoms with Crippen LogP contribution < -0.4 is 5.73 Å². The predicted molar refractivity (Wildman–Crippen MR) is 60.7 cm³/mol. The van der Waals surface area contributed by atoms with Gasteiger partial charge in [0.25, 0.3) is 0 Å². The van der Waals surface area contributed by atoms with Gasteiger partial charge in [-0.1, -0.05) is 34.6 Å². The molecule has 2 unspecified atom stereocenters. The van der Waals surface area contributed by atoms with Crippen LogP contribution in [-0.2, 0) is 0 Å². The minimum Gasteiger partial charge on any atom is -0.325 e. The van der Waals surface area contributed by atoms with Crippen LogP contribution in [0, 0.1) is 17.8 Å². The topological polar surface area (TPSA) is 26.0 Å². The van der Waals surface area contributed by atoms with Crippen molar-refractivity contribution in [3.63, 3.8) is 0 Å². The maximum absolute atomic E-state index is 6.21. The van der Waals surface area contributed by atoms with Crippen molar-refractivity contribution in [2.45, 2.75) is 59.9 Å². The van der Waals surface area contributed by atoms with E-state index < -0.39 is 0 Å². The lowest BCUT2D eigenvalue weighted by Gasteiger charge is -2.31. The van der Waals surface area contributed by atoms with Crippen LogP contribution in [0.5, 0.6) is 0 Å². The highest BCUT2D eigenvalue weighted by Gasteiger charge is 2.23. The Morgan fingerprint density at radius 1 is 1.08 bits per heavy atom. The number of hydrogen-bond donors (Lipinski definition) is 1. The molecule has 0 amide bonds. The summed E-state index contributed by atoms with van der Waals surface area (Å²) >= 11 is 0. The summed E-state index contributed by atoms with van der Waals surface area (Å²) in [6.45, 7) is 13.5. The first-order valence-corrected chi connectivity index (χ1v) is 5.56. The molecule has 0 aliphatic heterocycles. The molecule has 0 saturated carbocycles. The van der Waals surface area contributed by atoms with Crippen LogP contribution in [0.25, 0.3) is 0 Å². The molecule has 0 aromatic rings. The quantitative estimate of drug-likeness (QED) is 0.697. The van der Waals surface area contributed by atoms with Gasteiger partial charge >= 0.3 is 0 Å². The molecule has 0 aliphatic rings. The summed E-state index contributed by atoms with van der Waals surface area (Å²) in [5.74, 6) is 2.15. The van der Waals surface area contributed by atoms with Gasteiger partial charge in [-0.15, -0.1) is 0 Å². The third kappa shape index (κ3) is 4.66. The zero-order valence-corrected chi connectivity index (χ0v) is 10.2. The molecule has 0 heterocycles. The summed E-state index contributed by atoms with van der Waals surface area (Å²) in [4.78, 5) is 0. The van der Waals surface area contributed by atoms with Crippen molar-refractivity contribution in [3.8, 4) is 0 Å². The summed E-state index contributed by atoms with van der Waals surface area (Å²) in [6, 6.07) is 0. The monoisotopic (exact) mass is 185 g/mol. The molecule has 0 bridgehead atoms. The lowest BCUT2D eigenvalue weighted by Crippen LogP contribution is -2.42. The van der Waals surface area contributed by atoms with Crippen LogP contribution >= 0.6 is 0 Å². The summed E-state index contributed by atoms with van der Waals surface area (Å²) in [5.41, 5.74) is 6.22. The molecule has 0 rings (SSSR count). The van der Waals surface area contributed by atoms with Crippen molar-refractivity contribution in [2.75, 3.05) is 0 Å². The second-order valence-electron chi connectivity index (χ2n) is 5.42. The standard InChI is InChI=1S/C12H27N/c1-9(2)11(5)7-8-12(6,13)10(3)4/h9-11H,7-8,13H2,1-6H3. The first kappa shape index (κ1) is 13.0. The molecule has 0 aromatic heterocycles. The van der Waals surface area contributed by atoms with Gasteiger partial charge in [-0.3, -0.25) is 0 Å². The summed E-state index contributed by atoms with van der Waals surface area (Å²) in [6.07, 6.45) is 2.40. The molecule has 0 spiro atoms. The normalized spacial score (nSPS) is 19.2. The Kier molecular flexibility index (Phi) is 4.98. The van der Waals surface area contributed by atoms with Crippen molar-refractivity contribution < 1.29 is 0 Å². The van der Waals surface area contributed by atoms with Crippen LogP contribution in [0.3, 0.4) is 0 Å². The largest absolute Gasteiger partial charge is 0.325 e. The van der Waals surface area contributed by atoms with Crippen molar-refractivity contribution in [2.24, 2.45) is 23.5 Å². The molecule has 0 fully saturated rings. The predicted octanol–water partition coefficient (Wildman–Crippen LogP) is 3.43. The molecule has 1 heteroatoms. The molecule has 2 atom stereocenters. The van der Waals surface area contributed by atoms with Gasteiger partial charge in [-0.2, -0.15) is 0 Å². The van der Waals surface area contributed by atoms with Crippen molar-refractivity contribution in [1.29, 1.82) is 0 Å². The van der Waals surface area contributed by atoms with Gasteiger partial charge in [-0.25, -0.2) is 0 Å². The molecular formula is C12H27N. The zero-order chi connectivity index (χ0) is 10.6. The van der Waals surface area contributed by atoms with Gasteiger partial charge in [0.1, 0.15) is 0 Å². The average Bonchev–Trinajstić information content (AvgIpc) is 1.99. The van der Waals surface area contributed by atoms with Gasteiger partial charge in [0.15, 0.2) is 0 Å². The minimum absolute atomic E-state index is 0.0170. The van der Waals surface area contributed by atoms with E-state index in [0.29, 0.717) is 5.92 Å². The average molecular weight is 185 g/mol. The lowest BCUT2D eigenvalue weighted by atomic mass is 9.81. The highest BCUT2D eigenvalue weighted by Crippen LogP contribution is 2.24. The molecular weight excluding hydrogens is 158 g/mol. The summed E-state index contributed by atoms with van der Waals surface area (Å²) in [5, 5.41) is 0. The van der Waals surface area contributed by atoms with E-state index in [4.69, 9.17) is 5.73 Å². The zero-order valence-electron chi connectivity index (χ0n) is 10.2. The number of rotatable bonds is 5. The van der Waals surface area contributed by atoms with Gasteiger partial charge < -0.3 is 5.73 Å². The van der Waals surface area contributed by atoms with Crippen LogP contribution in [0.1, 0.15) is 54.4 Å². The van der Waals surface area contributed by atoms with Crippen molar-refractivity contribution in [3.05, 3.63) is 0 Å². The maximum atomic E-state index is 6.21. The van der Waals surface area contributed by atoms with Crippen molar-refractivity contribution >= 4 is 0 Å². The Bertz CT molecular complexity index is 136. The molecule has 80 valence electrons. The van der Waals surface area contributed by atoms with Gasteiger partial charge in [0.2, 0.25) is 0 Å². The second kappa shape index (κ2) is 4.99. The van der Waals surface area contributed by atoms with Crippen LogP contribution in [-0.4, -0.2) is 5.54 Å². The Morgan fingerprint density at radius 2 is 1.54 bits per heavy atom. The van der Waals surface area contributed by atoms with E-state index in [1.54, 1.807) is 0 Å². The van der Waals surface area contributed by atoms with Crippen molar-refractivity contribution in [1.82, 2.24) is 0 Å². The number of hydrogen-bond acceptors (Lipinski definition) is 1. The molecule has 13 heavy (non-hydrogen) atoms. The molecule has 1 nitrogen and oxygen atoms in total. The summed E-state index contributed by atoms with van der Waals surface area (Å²) in [7, 11) is 0. The van der Waals surface area contributed by atoms with E-state index in [1.165, 1.54) is 6.42 Å². The highest BCUT2D eigenvalue weighted by atomic mass is 14.7. The first-order chi connectivity index (χ1) is 5.77. The fourth-order valence-electron chi connectivity index (χ4n) is 1.16. The third-order valence-corrected chi connectivity index (χ3v) is 3.60. The fourth-order valence-corrected chi connectivity index (χ4v) is 1.16. The SMILES string of the molecule is CC(C)C(C)CCC(C)(N)C(C)C. The number of nitrogens with two attached hydrogens (primary N) is 1. The van der Waals surface area contributed by atoms with Gasteiger partial charge in [0, 0.05) is 5.54 Å². The van der Waals surface area contributed by atoms with Gasteiger partial charge in [0.05, 0.1) is 0 Å². The smallest absolute Gasteiger partial charge is 0.0149 e. The fraction of sp³-hybridized carbons (Fsp3) is 1.00. The molecule has 0 saturated heterocycles. The second-order valence-corrected chi connectivity index (χ2v) is 5.42. The van der Waals surface area contributed by atoms with Crippen LogP contribution in [0.4, 0.5) is 0 Å².